The predicted molar refractivity (Wildman–Crippen MR) is 243 cm³/mol. The fourth-order valence-corrected chi connectivity index (χ4v) is 7.69. The SMILES string of the molecule is CCCCCCCCCCCCCCCCCCCCC(=O)OC[C@@H](COC(=O)CCCCCCCCCCCCCC)OC(=O)CCCCCCCCC(C)C. The van der Waals surface area contributed by atoms with Crippen molar-refractivity contribution in [3.05, 3.63) is 0 Å². The molecule has 0 radical (unpaired) electrons. The van der Waals surface area contributed by atoms with Crippen LogP contribution in [0.1, 0.15) is 285 Å². The van der Waals surface area contributed by atoms with Gasteiger partial charge in [0.2, 0.25) is 0 Å². The van der Waals surface area contributed by atoms with E-state index < -0.39 is 6.10 Å². The minimum atomic E-state index is -0.760. The fraction of sp³-hybridized carbons (Fsp3) is 0.941. The van der Waals surface area contributed by atoms with E-state index in [-0.39, 0.29) is 31.1 Å². The Labute approximate surface area is 355 Å². The molecule has 57 heavy (non-hydrogen) atoms. The van der Waals surface area contributed by atoms with Crippen molar-refractivity contribution < 1.29 is 28.6 Å². The summed E-state index contributed by atoms with van der Waals surface area (Å²) in [5, 5.41) is 0. The van der Waals surface area contributed by atoms with Crippen LogP contribution < -0.4 is 0 Å². The lowest BCUT2D eigenvalue weighted by atomic mass is 10.0. The summed E-state index contributed by atoms with van der Waals surface area (Å²) < 4.78 is 16.8. The van der Waals surface area contributed by atoms with Gasteiger partial charge >= 0.3 is 17.9 Å². The average molecular weight is 807 g/mol. The Morgan fingerprint density at radius 1 is 0.333 bits per heavy atom. The van der Waals surface area contributed by atoms with Gasteiger partial charge in [-0.25, -0.2) is 0 Å². The molecule has 0 bridgehead atoms. The summed E-state index contributed by atoms with van der Waals surface area (Å²) in [7, 11) is 0. The minimum Gasteiger partial charge on any atom is -0.462 e. The average Bonchev–Trinajstić information content (AvgIpc) is 3.19. The molecule has 0 heterocycles. The maximum Gasteiger partial charge on any atom is 0.306 e. The van der Waals surface area contributed by atoms with Gasteiger partial charge in [0.05, 0.1) is 0 Å². The van der Waals surface area contributed by atoms with Gasteiger partial charge < -0.3 is 14.2 Å². The van der Waals surface area contributed by atoms with Crippen LogP contribution in [0.25, 0.3) is 0 Å². The quantitative estimate of drug-likeness (QED) is 0.0346. The first kappa shape index (κ1) is 55.4. The Morgan fingerprint density at radius 2 is 0.579 bits per heavy atom. The van der Waals surface area contributed by atoms with Crippen LogP contribution in [0, 0.1) is 5.92 Å². The highest BCUT2D eigenvalue weighted by Crippen LogP contribution is 2.17. The molecule has 6 heteroatoms. The third-order valence-corrected chi connectivity index (χ3v) is 11.5. The van der Waals surface area contributed by atoms with Gasteiger partial charge in [-0.1, -0.05) is 246 Å². The van der Waals surface area contributed by atoms with Crippen LogP contribution >= 0.6 is 0 Å². The van der Waals surface area contributed by atoms with Crippen molar-refractivity contribution in [1.82, 2.24) is 0 Å². The molecule has 0 aliphatic carbocycles. The van der Waals surface area contributed by atoms with Gasteiger partial charge in [-0.05, 0) is 25.2 Å². The summed E-state index contributed by atoms with van der Waals surface area (Å²) in [4.78, 5) is 37.8. The maximum absolute atomic E-state index is 12.7. The summed E-state index contributed by atoms with van der Waals surface area (Å²) in [5.74, 6) is -0.0934. The number of carbonyl (C=O) groups excluding carboxylic acids is 3. The molecule has 0 spiro atoms. The van der Waals surface area contributed by atoms with Crippen molar-refractivity contribution in [2.45, 2.75) is 291 Å². The maximum atomic E-state index is 12.7. The van der Waals surface area contributed by atoms with Crippen molar-refractivity contribution in [2.75, 3.05) is 13.2 Å². The summed E-state index contributed by atoms with van der Waals surface area (Å²) >= 11 is 0. The number of carbonyl (C=O) groups is 3. The van der Waals surface area contributed by atoms with E-state index in [0.717, 1.165) is 63.7 Å². The van der Waals surface area contributed by atoms with E-state index in [1.54, 1.807) is 0 Å². The van der Waals surface area contributed by atoms with E-state index in [0.29, 0.717) is 19.3 Å². The van der Waals surface area contributed by atoms with E-state index in [1.807, 2.05) is 0 Å². The Morgan fingerprint density at radius 3 is 0.860 bits per heavy atom. The van der Waals surface area contributed by atoms with Gasteiger partial charge in [0.1, 0.15) is 13.2 Å². The molecule has 1 atom stereocenters. The highest BCUT2D eigenvalue weighted by molar-refractivity contribution is 5.71. The van der Waals surface area contributed by atoms with E-state index in [9.17, 15) is 14.4 Å². The van der Waals surface area contributed by atoms with Gasteiger partial charge in [0.15, 0.2) is 6.10 Å². The highest BCUT2D eigenvalue weighted by atomic mass is 16.6. The van der Waals surface area contributed by atoms with Crippen LogP contribution in [0.4, 0.5) is 0 Å². The second-order valence-corrected chi connectivity index (χ2v) is 17.9. The van der Waals surface area contributed by atoms with Gasteiger partial charge in [0.25, 0.3) is 0 Å². The van der Waals surface area contributed by atoms with E-state index in [2.05, 4.69) is 27.7 Å². The van der Waals surface area contributed by atoms with Crippen molar-refractivity contribution >= 4 is 17.9 Å². The van der Waals surface area contributed by atoms with Crippen LogP contribution in [-0.2, 0) is 28.6 Å². The normalized spacial score (nSPS) is 11.9. The molecule has 0 aromatic carbocycles. The Bertz CT molecular complexity index is 857. The Hall–Kier alpha value is -1.59. The molecule has 6 nitrogen and oxygen atoms in total. The summed E-state index contributed by atoms with van der Waals surface area (Å²) in [6.07, 6.45) is 46.8. The van der Waals surface area contributed by atoms with Crippen LogP contribution in [0.2, 0.25) is 0 Å². The standard InChI is InChI=1S/C51H98O6/c1-5-7-9-11-13-15-17-19-20-21-22-23-24-26-28-30-35-39-43-50(53)56-46-48(57-51(54)44-40-36-32-31-33-37-41-47(3)4)45-55-49(52)42-38-34-29-27-25-18-16-14-12-10-8-6-2/h47-48H,5-46H2,1-4H3/t48-/m1/s1. The van der Waals surface area contributed by atoms with Gasteiger partial charge in [-0.2, -0.15) is 0 Å². The number of rotatable bonds is 46. The molecule has 338 valence electrons. The first-order valence-corrected chi connectivity index (χ1v) is 25.4. The van der Waals surface area contributed by atoms with Crippen LogP contribution in [0.3, 0.4) is 0 Å². The van der Waals surface area contributed by atoms with Crippen molar-refractivity contribution in [3.8, 4) is 0 Å². The summed E-state index contributed by atoms with van der Waals surface area (Å²) in [5.41, 5.74) is 0. The zero-order valence-corrected chi connectivity index (χ0v) is 38.8. The minimum absolute atomic E-state index is 0.0641. The molecular formula is C51H98O6. The zero-order chi connectivity index (χ0) is 41.7. The molecule has 0 unspecified atom stereocenters. The third-order valence-electron chi connectivity index (χ3n) is 11.5. The topological polar surface area (TPSA) is 78.9 Å². The van der Waals surface area contributed by atoms with Crippen molar-refractivity contribution in [3.63, 3.8) is 0 Å². The van der Waals surface area contributed by atoms with Crippen LogP contribution in [-0.4, -0.2) is 37.2 Å². The van der Waals surface area contributed by atoms with Gasteiger partial charge in [-0.15, -0.1) is 0 Å². The Balaban J connectivity index is 4.21. The number of esters is 3. The predicted octanol–water partition coefficient (Wildman–Crippen LogP) is 16.3. The molecule has 0 aromatic rings. The van der Waals surface area contributed by atoms with E-state index in [1.165, 1.54) is 180 Å². The molecule has 0 aliphatic heterocycles. The number of unbranched alkanes of at least 4 members (excludes halogenated alkanes) is 33. The molecule has 0 amide bonds. The molecule has 0 fully saturated rings. The monoisotopic (exact) mass is 807 g/mol. The molecule has 0 rings (SSSR count). The fourth-order valence-electron chi connectivity index (χ4n) is 7.69. The number of hydrogen-bond acceptors (Lipinski definition) is 6. The molecule has 0 saturated heterocycles. The first-order valence-electron chi connectivity index (χ1n) is 25.4. The third kappa shape index (κ3) is 45.3. The smallest absolute Gasteiger partial charge is 0.306 e. The second kappa shape index (κ2) is 45.5. The highest BCUT2D eigenvalue weighted by Gasteiger charge is 2.19. The lowest BCUT2D eigenvalue weighted by molar-refractivity contribution is -0.167. The first-order chi connectivity index (χ1) is 27.9. The van der Waals surface area contributed by atoms with Crippen LogP contribution in [0.15, 0.2) is 0 Å². The largest absolute Gasteiger partial charge is 0.462 e. The molecule has 0 aromatic heterocycles. The molecule has 0 aliphatic rings. The lowest BCUT2D eigenvalue weighted by Gasteiger charge is -2.18. The van der Waals surface area contributed by atoms with E-state index >= 15 is 0 Å². The lowest BCUT2D eigenvalue weighted by Crippen LogP contribution is -2.30. The zero-order valence-electron chi connectivity index (χ0n) is 38.8. The Kier molecular flexibility index (Phi) is 44.2. The van der Waals surface area contributed by atoms with Crippen molar-refractivity contribution in [1.29, 1.82) is 0 Å². The van der Waals surface area contributed by atoms with Gasteiger partial charge in [-0.3, -0.25) is 14.4 Å². The van der Waals surface area contributed by atoms with Gasteiger partial charge in [0, 0.05) is 19.3 Å². The number of ether oxygens (including phenoxy) is 3. The van der Waals surface area contributed by atoms with E-state index in [4.69, 9.17) is 14.2 Å². The van der Waals surface area contributed by atoms with Crippen molar-refractivity contribution in [2.24, 2.45) is 5.92 Å². The second-order valence-electron chi connectivity index (χ2n) is 17.9. The number of hydrogen-bond donors (Lipinski definition) is 0. The summed E-state index contributed by atoms with van der Waals surface area (Å²) in [6.45, 7) is 8.95. The summed E-state index contributed by atoms with van der Waals surface area (Å²) in [6, 6.07) is 0. The molecular weight excluding hydrogens is 709 g/mol. The molecule has 0 N–H and O–H groups in total. The van der Waals surface area contributed by atoms with Crippen LogP contribution in [0.5, 0.6) is 0 Å². The molecule has 0 saturated carbocycles.